The molecule has 0 aromatic carbocycles. The Bertz CT molecular complexity index is 616. The van der Waals surface area contributed by atoms with Gasteiger partial charge in [0.1, 0.15) is 6.54 Å². The number of ether oxygens (including phenoxy) is 1. The summed E-state index contributed by atoms with van der Waals surface area (Å²) in [5.41, 5.74) is 1.20. The average Bonchev–Trinajstić information content (AvgIpc) is 3.21. The second-order valence-corrected chi connectivity index (χ2v) is 8.31. The molecule has 28 heavy (non-hydrogen) atoms. The van der Waals surface area contributed by atoms with Gasteiger partial charge >= 0.3 is 0 Å². The SMILES string of the molecule is CCNC(=NCc1cc(C(C)C)no1)NCC1(N2CCOCC2)CCCCC1. The topological polar surface area (TPSA) is 74.9 Å². The summed E-state index contributed by atoms with van der Waals surface area (Å²) in [4.78, 5) is 7.38. The van der Waals surface area contributed by atoms with Gasteiger partial charge in [0.25, 0.3) is 0 Å². The lowest BCUT2D eigenvalue weighted by molar-refractivity contribution is -0.0352. The van der Waals surface area contributed by atoms with E-state index in [9.17, 15) is 0 Å². The van der Waals surface area contributed by atoms with E-state index in [4.69, 9.17) is 14.3 Å². The zero-order valence-electron chi connectivity index (χ0n) is 17.8. The molecule has 7 heteroatoms. The summed E-state index contributed by atoms with van der Waals surface area (Å²) in [6.45, 7) is 12.4. The zero-order valence-corrected chi connectivity index (χ0v) is 17.8. The maximum atomic E-state index is 5.59. The number of nitrogens with one attached hydrogen (secondary N) is 2. The first-order valence-corrected chi connectivity index (χ1v) is 10.9. The predicted molar refractivity (Wildman–Crippen MR) is 112 cm³/mol. The van der Waals surface area contributed by atoms with Gasteiger partial charge in [-0.05, 0) is 25.7 Å². The van der Waals surface area contributed by atoms with Crippen molar-refractivity contribution in [3.05, 3.63) is 17.5 Å². The van der Waals surface area contributed by atoms with Crippen LogP contribution in [0.3, 0.4) is 0 Å². The number of rotatable bonds is 7. The fraction of sp³-hybridized carbons (Fsp3) is 0.810. The average molecular weight is 392 g/mol. The number of hydrogen-bond donors (Lipinski definition) is 2. The third-order valence-corrected chi connectivity index (χ3v) is 5.96. The van der Waals surface area contributed by atoms with Gasteiger partial charge in [-0.2, -0.15) is 0 Å². The van der Waals surface area contributed by atoms with Gasteiger partial charge in [-0.3, -0.25) is 4.90 Å². The fourth-order valence-corrected chi connectivity index (χ4v) is 4.27. The van der Waals surface area contributed by atoms with Crippen LogP contribution < -0.4 is 10.6 Å². The number of morpholine rings is 1. The molecule has 2 aliphatic rings. The van der Waals surface area contributed by atoms with Crippen LogP contribution in [0.5, 0.6) is 0 Å². The summed E-state index contributed by atoms with van der Waals surface area (Å²) in [6, 6.07) is 2.01. The third kappa shape index (κ3) is 5.47. The fourth-order valence-electron chi connectivity index (χ4n) is 4.27. The molecule has 1 saturated carbocycles. The lowest BCUT2D eigenvalue weighted by Gasteiger charge is -2.48. The molecule has 0 bridgehead atoms. The maximum Gasteiger partial charge on any atom is 0.191 e. The highest BCUT2D eigenvalue weighted by Gasteiger charge is 2.38. The molecule has 1 aromatic rings. The van der Waals surface area contributed by atoms with Crippen molar-refractivity contribution in [2.24, 2.45) is 4.99 Å². The van der Waals surface area contributed by atoms with Crippen LogP contribution >= 0.6 is 0 Å². The molecule has 2 N–H and O–H groups in total. The molecule has 1 saturated heterocycles. The highest BCUT2D eigenvalue weighted by atomic mass is 16.5. The molecule has 3 rings (SSSR count). The Hall–Kier alpha value is -1.60. The molecule has 1 aromatic heterocycles. The third-order valence-electron chi connectivity index (χ3n) is 5.96. The normalized spacial score (nSPS) is 21.1. The molecule has 0 amide bonds. The first-order chi connectivity index (χ1) is 13.6. The number of hydrogen-bond acceptors (Lipinski definition) is 5. The van der Waals surface area contributed by atoms with Crippen LogP contribution in [0.1, 0.15) is 70.2 Å². The molecule has 2 fully saturated rings. The molecule has 0 radical (unpaired) electrons. The van der Waals surface area contributed by atoms with Crippen LogP contribution in [0.2, 0.25) is 0 Å². The van der Waals surface area contributed by atoms with Crippen LogP contribution in [0, 0.1) is 0 Å². The van der Waals surface area contributed by atoms with E-state index in [1.54, 1.807) is 0 Å². The number of aromatic nitrogens is 1. The first kappa shape index (κ1) is 21.1. The molecule has 1 aliphatic carbocycles. The quantitative estimate of drug-likeness (QED) is 0.550. The Kier molecular flexibility index (Phi) is 7.73. The molecular formula is C21H37N5O2. The van der Waals surface area contributed by atoms with Crippen molar-refractivity contribution in [3.63, 3.8) is 0 Å². The Morgan fingerprint density at radius 1 is 1.21 bits per heavy atom. The molecule has 158 valence electrons. The minimum Gasteiger partial charge on any atom is -0.379 e. The molecule has 1 aliphatic heterocycles. The minimum absolute atomic E-state index is 0.218. The van der Waals surface area contributed by atoms with E-state index in [1.165, 1.54) is 32.1 Å². The highest BCUT2D eigenvalue weighted by Crippen LogP contribution is 2.33. The molecule has 0 spiro atoms. The Morgan fingerprint density at radius 3 is 2.61 bits per heavy atom. The smallest absolute Gasteiger partial charge is 0.191 e. The maximum absolute atomic E-state index is 5.59. The van der Waals surface area contributed by atoms with Crippen LogP contribution in [0.25, 0.3) is 0 Å². The van der Waals surface area contributed by atoms with E-state index in [1.807, 2.05) is 6.07 Å². The summed E-state index contributed by atoms with van der Waals surface area (Å²) in [6.07, 6.45) is 6.47. The summed E-state index contributed by atoms with van der Waals surface area (Å²) in [5, 5.41) is 11.1. The van der Waals surface area contributed by atoms with E-state index in [0.717, 1.165) is 56.8 Å². The van der Waals surface area contributed by atoms with Gasteiger partial charge in [0.15, 0.2) is 11.7 Å². The summed E-state index contributed by atoms with van der Waals surface area (Å²) < 4.78 is 11.0. The van der Waals surface area contributed by atoms with Gasteiger partial charge < -0.3 is 19.9 Å². The van der Waals surface area contributed by atoms with Gasteiger partial charge in [0, 0.05) is 37.8 Å². The van der Waals surface area contributed by atoms with E-state index in [-0.39, 0.29) is 5.54 Å². The Morgan fingerprint density at radius 2 is 1.96 bits per heavy atom. The van der Waals surface area contributed by atoms with Gasteiger partial charge in [0.2, 0.25) is 0 Å². The van der Waals surface area contributed by atoms with Crippen LogP contribution in [-0.4, -0.2) is 60.9 Å². The first-order valence-electron chi connectivity index (χ1n) is 10.9. The second-order valence-electron chi connectivity index (χ2n) is 8.31. The van der Waals surface area contributed by atoms with Crippen LogP contribution in [0.15, 0.2) is 15.6 Å². The molecular weight excluding hydrogens is 354 g/mol. The van der Waals surface area contributed by atoms with Crippen molar-refractivity contribution >= 4 is 5.96 Å². The van der Waals surface area contributed by atoms with Gasteiger partial charge in [0.05, 0.1) is 18.9 Å². The van der Waals surface area contributed by atoms with E-state index in [0.29, 0.717) is 12.5 Å². The summed E-state index contributed by atoms with van der Waals surface area (Å²) in [7, 11) is 0. The standard InChI is InChI=1S/C21H37N5O2/c1-4-22-20(23-15-18-14-19(17(2)3)25-28-18)24-16-21(8-6-5-7-9-21)26-10-12-27-13-11-26/h14,17H,4-13,15-16H2,1-3H3,(H2,22,23,24). The molecule has 0 unspecified atom stereocenters. The lowest BCUT2D eigenvalue weighted by atomic mass is 9.80. The van der Waals surface area contributed by atoms with Crippen molar-refractivity contribution in [1.82, 2.24) is 20.7 Å². The van der Waals surface area contributed by atoms with Gasteiger partial charge in [-0.15, -0.1) is 0 Å². The largest absolute Gasteiger partial charge is 0.379 e. The van der Waals surface area contributed by atoms with Crippen molar-refractivity contribution in [3.8, 4) is 0 Å². The van der Waals surface area contributed by atoms with Crippen molar-refractivity contribution in [1.29, 1.82) is 0 Å². The second kappa shape index (κ2) is 10.3. The molecule has 2 heterocycles. The van der Waals surface area contributed by atoms with E-state index >= 15 is 0 Å². The number of guanidine groups is 1. The van der Waals surface area contributed by atoms with Gasteiger partial charge in [-0.1, -0.05) is 38.3 Å². The highest BCUT2D eigenvalue weighted by molar-refractivity contribution is 5.79. The monoisotopic (exact) mass is 391 g/mol. The van der Waals surface area contributed by atoms with Crippen molar-refractivity contribution < 1.29 is 9.26 Å². The Balaban J connectivity index is 1.64. The zero-order chi connectivity index (χ0) is 19.8. The summed E-state index contributed by atoms with van der Waals surface area (Å²) in [5.74, 6) is 2.03. The number of nitrogens with zero attached hydrogens (tertiary/aromatic N) is 3. The molecule has 0 atom stereocenters. The molecule has 7 nitrogen and oxygen atoms in total. The lowest BCUT2D eigenvalue weighted by Crippen LogP contribution is -2.60. The minimum atomic E-state index is 0.218. The summed E-state index contributed by atoms with van der Waals surface area (Å²) >= 11 is 0. The van der Waals surface area contributed by atoms with Crippen molar-refractivity contribution in [2.45, 2.75) is 70.9 Å². The van der Waals surface area contributed by atoms with Crippen molar-refractivity contribution in [2.75, 3.05) is 39.4 Å². The van der Waals surface area contributed by atoms with Gasteiger partial charge in [-0.25, -0.2) is 4.99 Å². The van der Waals surface area contributed by atoms with Crippen LogP contribution in [0.4, 0.5) is 0 Å². The van der Waals surface area contributed by atoms with E-state index < -0.39 is 0 Å². The number of aliphatic imine (C=N–C) groups is 1. The Labute approximate surface area is 169 Å². The van der Waals surface area contributed by atoms with Crippen LogP contribution in [-0.2, 0) is 11.3 Å². The van der Waals surface area contributed by atoms with E-state index in [2.05, 4.69) is 41.5 Å². The predicted octanol–water partition coefficient (Wildman–Crippen LogP) is 2.89.